The molecule has 0 aliphatic carbocycles. The van der Waals surface area contributed by atoms with Crippen molar-refractivity contribution in [3.63, 3.8) is 0 Å². The minimum absolute atomic E-state index is 0.0120. The second kappa shape index (κ2) is 9.77. The molecule has 0 fully saturated rings. The van der Waals surface area contributed by atoms with E-state index < -0.39 is 12.0 Å². The summed E-state index contributed by atoms with van der Waals surface area (Å²) >= 11 is 0. The number of carbonyl (C=O) groups excluding carboxylic acids is 1. The van der Waals surface area contributed by atoms with Crippen molar-refractivity contribution in [3.05, 3.63) is 101 Å². The summed E-state index contributed by atoms with van der Waals surface area (Å²) in [6.07, 6.45) is -1.08. The van der Waals surface area contributed by atoms with Crippen LogP contribution in [0.4, 0.5) is 0 Å². The first-order valence-corrected chi connectivity index (χ1v) is 10.7. The number of amides is 1. The lowest BCUT2D eigenvalue weighted by Crippen LogP contribution is -2.26. The van der Waals surface area contributed by atoms with Gasteiger partial charge in [-0.05, 0) is 35.7 Å². The minimum atomic E-state index is -0.797. The quantitative estimate of drug-likeness (QED) is 0.426. The van der Waals surface area contributed by atoms with Crippen LogP contribution in [0.3, 0.4) is 0 Å². The molecule has 3 N–H and O–H groups in total. The predicted molar refractivity (Wildman–Crippen MR) is 124 cm³/mol. The molecule has 1 heterocycles. The molecule has 6 heteroatoms. The van der Waals surface area contributed by atoms with Crippen LogP contribution in [-0.4, -0.2) is 33.3 Å². The van der Waals surface area contributed by atoms with E-state index in [4.69, 9.17) is 10.5 Å². The summed E-state index contributed by atoms with van der Waals surface area (Å²) in [5.74, 6) is 0.0762. The first-order valence-electron chi connectivity index (χ1n) is 10.7. The van der Waals surface area contributed by atoms with Crippen LogP contribution in [0.5, 0.6) is 0 Å². The van der Waals surface area contributed by atoms with Crippen molar-refractivity contribution >= 4 is 16.9 Å². The van der Waals surface area contributed by atoms with Gasteiger partial charge in [0.25, 0.3) is 0 Å². The van der Waals surface area contributed by atoms with E-state index in [1.54, 1.807) is 0 Å². The Hall–Kier alpha value is -3.48. The summed E-state index contributed by atoms with van der Waals surface area (Å²) in [5.41, 5.74) is 10.2. The third-order valence-electron chi connectivity index (χ3n) is 5.49. The van der Waals surface area contributed by atoms with Crippen LogP contribution < -0.4 is 5.73 Å². The number of fused-ring (bicyclic) bond motifs is 1. The Morgan fingerprint density at radius 3 is 2.47 bits per heavy atom. The normalized spacial score (nSPS) is 13.2. The zero-order valence-corrected chi connectivity index (χ0v) is 18.0. The monoisotopic (exact) mass is 429 g/mol. The summed E-state index contributed by atoms with van der Waals surface area (Å²) in [5, 5.41) is 10.9. The maximum Gasteiger partial charge on any atom is 0.225 e. The summed E-state index contributed by atoms with van der Waals surface area (Å²) in [4.78, 5) is 16.0. The van der Waals surface area contributed by atoms with Crippen LogP contribution in [0, 0.1) is 6.92 Å². The number of para-hydroxylation sites is 2. The number of aliphatic hydroxyl groups excluding tert-OH is 1. The van der Waals surface area contributed by atoms with Gasteiger partial charge in [-0.2, -0.15) is 0 Å². The number of nitrogens with two attached hydrogens (primary N) is 1. The number of aryl methyl sites for hydroxylation is 1. The van der Waals surface area contributed by atoms with Crippen LogP contribution in [0.1, 0.15) is 28.6 Å². The SMILES string of the molecule is Cc1ccccc1[C@H](OC[C@H](O)Cn1c(CC(N)=O)nc2ccccc21)c1ccccc1. The Bertz CT molecular complexity index is 1200. The van der Waals surface area contributed by atoms with Crippen LogP contribution in [0.15, 0.2) is 78.9 Å². The molecule has 0 saturated heterocycles. The zero-order chi connectivity index (χ0) is 22.5. The number of aromatic nitrogens is 2. The molecule has 164 valence electrons. The molecule has 0 saturated carbocycles. The fraction of sp³-hybridized carbons (Fsp3) is 0.231. The number of hydrogen-bond donors (Lipinski definition) is 2. The highest BCUT2D eigenvalue weighted by Gasteiger charge is 2.20. The number of carbonyl (C=O) groups is 1. The van der Waals surface area contributed by atoms with Gasteiger partial charge in [-0.15, -0.1) is 0 Å². The minimum Gasteiger partial charge on any atom is -0.389 e. The standard InChI is InChI=1S/C26H27N3O3/c1-18-9-5-6-12-21(18)26(19-10-3-2-4-11-19)32-17-20(30)16-29-23-14-8-7-13-22(23)28-25(29)15-24(27)31/h2-14,20,26,30H,15-17H2,1H3,(H2,27,31)/t20-,26-/m1/s1. The number of imidazole rings is 1. The van der Waals surface area contributed by atoms with Gasteiger partial charge in [-0.1, -0.05) is 66.7 Å². The Balaban J connectivity index is 1.55. The molecule has 0 aliphatic heterocycles. The molecule has 3 aromatic carbocycles. The van der Waals surface area contributed by atoms with E-state index >= 15 is 0 Å². The van der Waals surface area contributed by atoms with Gasteiger partial charge in [-0.25, -0.2) is 4.98 Å². The van der Waals surface area contributed by atoms with Gasteiger partial charge in [0.1, 0.15) is 11.9 Å². The van der Waals surface area contributed by atoms with Gasteiger partial charge in [0.2, 0.25) is 5.91 Å². The second-order valence-corrected chi connectivity index (χ2v) is 7.90. The van der Waals surface area contributed by atoms with Crippen molar-refractivity contribution in [3.8, 4) is 0 Å². The molecular weight excluding hydrogens is 402 g/mol. The molecule has 0 unspecified atom stereocenters. The molecule has 0 aliphatic rings. The average molecular weight is 430 g/mol. The molecule has 0 spiro atoms. The number of aliphatic hydroxyl groups is 1. The first-order chi connectivity index (χ1) is 15.5. The molecule has 0 bridgehead atoms. The highest BCUT2D eigenvalue weighted by molar-refractivity contribution is 5.80. The highest BCUT2D eigenvalue weighted by Crippen LogP contribution is 2.28. The van der Waals surface area contributed by atoms with Crippen molar-refractivity contribution in [2.45, 2.75) is 32.1 Å². The third kappa shape index (κ3) is 4.88. The van der Waals surface area contributed by atoms with Crippen molar-refractivity contribution in [2.24, 2.45) is 5.73 Å². The summed E-state index contributed by atoms with van der Waals surface area (Å²) < 4.78 is 8.11. The van der Waals surface area contributed by atoms with Gasteiger partial charge in [0.05, 0.1) is 36.7 Å². The number of primary amides is 1. The van der Waals surface area contributed by atoms with Crippen molar-refractivity contribution in [1.29, 1.82) is 0 Å². The Morgan fingerprint density at radius 2 is 1.72 bits per heavy atom. The number of ether oxygens (including phenoxy) is 1. The fourth-order valence-electron chi connectivity index (χ4n) is 3.97. The van der Waals surface area contributed by atoms with E-state index in [1.807, 2.05) is 77.4 Å². The largest absolute Gasteiger partial charge is 0.389 e. The molecule has 1 amide bonds. The third-order valence-corrected chi connectivity index (χ3v) is 5.49. The van der Waals surface area contributed by atoms with Crippen molar-refractivity contribution in [1.82, 2.24) is 9.55 Å². The summed E-state index contributed by atoms with van der Waals surface area (Å²) in [7, 11) is 0. The molecule has 1 aromatic heterocycles. The van der Waals surface area contributed by atoms with Gasteiger partial charge in [0.15, 0.2) is 0 Å². The maximum atomic E-state index is 11.5. The summed E-state index contributed by atoms with van der Waals surface area (Å²) in [6, 6.07) is 25.7. The van der Waals surface area contributed by atoms with Crippen molar-refractivity contribution < 1.29 is 14.6 Å². The molecular formula is C26H27N3O3. The lowest BCUT2D eigenvalue weighted by Gasteiger charge is -2.23. The average Bonchev–Trinajstić information content (AvgIpc) is 3.12. The number of benzene rings is 3. The van der Waals surface area contributed by atoms with Crippen LogP contribution >= 0.6 is 0 Å². The number of hydrogen-bond acceptors (Lipinski definition) is 4. The molecule has 32 heavy (non-hydrogen) atoms. The summed E-state index contributed by atoms with van der Waals surface area (Å²) in [6.45, 7) is 2.42. The van der Waals surface area contributed by atoms with Gasteiger partial charge < -0.3 is 20.1 Å². The number of rotatable bonds is 9. The smallest absolute Gasteiger partial charge is 0.225 e. The predicted octanol–water partition coefficient (Wildman–Crippen LogP) is 3.54. The molecule has 6 nitrogen and oxygen atoms in total. The molecule has 0 radical (unpaired) electrons. The highest BCUT2D eigenvalue weighted by atomic mass is 16.5. The fourth-order valence-corrected chi connectivity index (χ4v) is 3.97. The molecule has 2 atom stereocenters. The van der Waals surface area contributed by atoms with Crippen LogP contribution in [0.25, 0.3) is 11.0 Å². The van der Waals surface area contributed by atoms with Gasteiger partial charge in [0, 0.05) is 0 Å². The van der Waals surface area contributed by atoms with E-state index in [-0.39, 0.29) is 25.7 Å². The van der Waals surface area contributed by atoms with Gasteiger partial charge >= 0.3 is 0 Å². The maximum absolute atomic E-state index is 11.5. The first kappa shape index (κ1) is 21.7. The van der Waals surface area contributed by atoms with Gasteiger partial charge in [-0.3, -0.25) is 4.79 Å². The number of nitrogens with zero attached hydrogens (tertiary/aromatic N) is 2. The van der Waals surface area contributed by atoms with E-state index in [9.17, 15) is 9.90 Å². The Labute approximate surface area is 187 Å². The second-order valence-electron chi connectivity index (χ2n) is 7.90. The van der Waals surface area contributed by atoms with E-state index in [2.05, 4.69) is 18.0 Å². The Morgan fingerprint density at radius 1 is 1.03 bits per heavy atom. The van der Waals surface area contributed by atoms with E-state index in [0.717, 1.165) is 27.7 Å². The lowest BCUT2D eigenvalue weighted by atomic mass is 9.97. The lowest BCUT2D eigenvalue weighted by molar-refractivity contribution is -0.117. The topological polar surface area (TPSA) is 90.4 Å². The van der Waals surface area contributed by atoms with E-state index in [1.165, 1.54) is 0 Å². The van der Waals surface area contributed by atoms with E-state index in [0.29, 0.717) is 5.82 Å². The van der Waals surface area contributed by atoms with Crippen LogP contribution in [-0.2, 0) is 22.5 Å². The van der Waals surface area contributed by atoms with Crippen molar-refractivity contribution in [2.75, 3.05) is 6.61 Å². The molecule has 4 aromatic rings. The Kier molecular flexibility index (Phi) is 6.63. The zero-order valence-electron chi connectivity index (χ0n) is 18.0. The molecule has 4 rings (SSSR count). The van der Waals surface area contributed by atoms with Crippen LogP contribution in [0.2, 0.25) is 0 Å².